The number of nitrogens with zero attached hydrogens (tertiary/aromatic N) is 2. The second-order valence-corrected chi connectivity index (χ2v) is 7.65. The van der Waals surface area contributed by atoms with Crippen LogP contribution in [-0.4, -0.2) is 67.7 Å². The summed E-state index contributed by atoms with van der Waals surface area (Å²) in [5, 5.41) is 3.59. The van der Waals surface area contributed by atoms with Gasteiger partial charge in [-0.3, -0.25) is 9.53 Å². The second-order valence-electron chi connectivity index (χ2n) is 6.77. The Morgan fingerprint density at radius 2 is 1.97 bits per heavy atom. The average Bonchev–Trinajstić information content (AvgIpc) is 3.11. The molecule has 2 aromatic rings. The molecule has 1 atom stereocenters. The van der Waals surface area contributed by atoms with Crippen LogP contribution in [0, 0.1) is 0 Å². The van der Waals surface area contributed by atoms with E-state index in [4.69, 9.17) is 4.74 Å². The summed E-state index contributed by atoms with van der Waals surface area (Å²) in [5.41, 5.74) is -1.22. The van der Waals surface area contributed by atoms with E-state index in [-0.39, 0.29) is 28.9 Å². The summed E-state index contributed by atoms with van der Waals surface area (Å²) in [6.07, 6.45) is -10.0. The molecule has 33 heavy (non-hydrogen) atoms. The van der Waals surface area contributed by atoms with E-state index in [9.17, 15) is 35.9 Å². The maximum Gasteiger partial charge on any atom is 0.522 e. The molecule has 0 spiro atoms. The number of nitrogens with one attached hydrogen (secondary N) is 1. The molecule has 1 unspecified atom stereocenters. The van der Waals surface area contributed by atoms with Gasteiger partial charge in [0.15, 0.2) is 0 Å². The molecule has 1 aliphatic heterocycles. The predicted octanol–water partition coefficient (Wildman–Crippen LogP) is 3.80. The standard InChI is InChI=1S/C18H17F6N3O5S/c1-25-15(28)10-8-33-14-11(17(19,20)21)6-12(26-13(10)14)31-7-9-2-3-27(9)16(29)30-4-5-32-18(22,23)24/h6,8-9H,2-5,7H2,1H3,(H,25,28). The number of alkyl halides is 6. The topological polar surface area (TPSA) is 90.0 Å². The molecule has 0 radical (unpaired) electrons. The second kappa shape index (κ2) is 9.59. The van der Waals surface area contributed by atoms with E-state index >= 15 is 0 Å². The maximum absolute atomic E-state index is 13.5. The molecule has 3 heterocycles. The summed E-state index contributed by atoms with van der Waals surface area (Å²) >= 11 is 0.726. The molecule has 3 rings (SSSR count). The van der Waals surface area contributed by atoms with Gasteiger partial charge < -0.3 is 19.7 Å². The van der Waals surface area contributed by atoms with Crippen molar-refractivity contribution in [3.63, 3.8) is 0 Å². The van der Waals surface area contributed by atoms with Crippen molar-refractivity contribution in [1.82, 2.24) is 15.2 Å². The fourth-order valence-corrected chi connectivity index (χ4v) is 3.99. The van der Waals surface area contributed by atoms with Crippen molar-refractivity contribution in [2.24, 2.45) is 0 Å². The molecule has 0 aromatic carbocycles. The minimum atomic E-state index is -4.84. The Balaban J connectivity index is 1.67. The van der Waals surface area contributed by atoms with E-state index in [0.717, 1.165) is 16.2 Å². The number of ether oxygens (including phenoxy) is 3. The highest BCUT2D eigenvalue weighted by Crippen LogP contribution is 2.40. The molecule has 8 nitrogen and oxygen atoms in total. The van der Waals surface area contributed by atoms with E-state index in [1.54, 1.807) is 0 Å². The highest BCUT2D eigenvalue weighted by atomic mass is 32.1. The van der Waals surface area contributed by atoms with Crippen LogP contribution in [0.25, 0.3) is 10.2 Å². The number of hydrogen-bond acceptors (Lipinski definition) is 7. The summed E-state index contributed by atoms with van der Waals surface area (Å²) in [6, 6.07) is 0.135. The smallest absolute Gasteiger partial charge is 0.475 e. The monoisotopic (exact) mass is 501 g/mol. The molecular formula is C18H17F6N3O5S. The van der Waals surface area contributed by atoms with Gasteiger partial charge in [0, 0.05) is 25.0 Å². The number of hydrogen-bond donors (Lipinski definition) is 1. The first kappa shape index (κ1) is 24.8. The maximum atomic E-state index is 13.5. The molecule has 1 N–H and O–H groups in total. The number of amides is 2. The van der Waals surface area contributed by atoms with Crippen molar-refractivity contribution in [1.29, 1.82) is 0 Å². The number of aromatic nitrogens is 1. The van der Waals surface area contributed by atoms with E-state index in [1.165, 1.54) is 12.4 Å². The number of pyridine rings is 1. The third-order valence-corrected chi connectivity index (χ3v) is 5.66. The summed E-state index contributed by atoms with van der Waals surface area (Å²) < 4.78 is 89.7. The molecule has 1 aliphatic rings. The molecule has 2 amide bonds. The van der Waals surface area contributed by atoms with E-state index in [2.05, 4.69) is 19.8 Å². The Morgan fingerprint density at radius 3 is 2.55 bits per heavy atom. The third-order valence-electron chi connectivity index (χ3n) is 4.65. The quantitative estimate of drug-likeness (QED) is 0.459. The lowest BCUT2D eigenvalue weighted by atomic mass is 10.1. The lowest BCUT2D eigenvalue weighted by molar-refractivity contribution is -0.326. The number of likely N-dealkylation sites (tertiary alicyclic amines) is 1. The van der Waals surface area contributed by atoms with E-state index < -0.39 is 55.2 Å². The Morgan fingerprint density at radius 1 is 1.24 bits per heavy atom. The fraction of sp³-hybridized carbons (Fsp3) is 0.500. The Labute approximate surface area is 186 Å². The van der Waals surface area contributed by atoms with Crippen molar-refractivity contribution in [2.75, 3.05) is 33.4 Å². The lowest BCUT2D eigenvalue weighted by Gasteiger charge is -2.39. The molecule has 1 fully saturated rings. The zero-order chi connectivity index (χ0) is 24.4. The first-order chi connectivity index (χ1) is 15.4. The van der Waals surface area contributed by atoms with Crippen molar-refractivity contribution >= 4 is 33.6 Å². The first-order valence-corrected chi connectivity index (χ1v) is 10.3. The average molecular weight is 501 g/mol. The van der Waals surface area contributed by atoms with Gasteiger partial charge in [-0.15, -0.1) is 24.5 Å². The van der Waals surface area contributed by atoms with Gasteiger partial charge in [-0.1, -0.05) is 0 Å². The number of thiophene rings is 1. The summed E-state index contributed by atoms with van der Waals surface area (Å²) in [6.45, 7) is -1.50. The van der Waals surface area contributed by atoms with Gasteiger partial charge in [-0.2, -0.15) is 13.2 Å². The number of carbonyl (C=O) groups excluding carboxylic acids is 2. The van der Waals surface area contributed by atoms with Gasteiger partial charge in [0.2, 0.25) is 5.88 Å². The van der Waals surface area contributed by atoms with Gasteiger partial charge in [0.25, 0.3) is 5.91 Å². The summed E-state index contributed by atoms with van der Waals surface area (Å²) in [5.74, 6) is -1.00. The number of fused-ring (bicyclic) bond motifs is 1. The van der Waals surface area contributed by atoms with Gasteiger partial charge in [-0.05, 0) is 6.42 Å². The van der Waals surface area contributed by atoms with Crippen LogP contribution in [0.1, 0.15) is 22.3 Å². The molecule has 0 aliphatic carbocycles. The van der Waals surface area contributed by atoms with E-state index in [0.29, 0.717) is 12.5 Å². The van der Waals surface area contributed by atoms with Crippen LogP contribution < -0.4 is 10.1 Å². The van der Waals surface area contributed by atoms with Crippen molar-refractivity contribution < 1.29 is 50.1 Å². The molecule has 182 valence electrons. The van der Waals surface area contributed by atoms with E-state index in [1.807, 2.05) is 0 Å². The van der Waals surface area contributed by atoms with Gasteiger partial charge in [0.1, 0.15) is 13.2 Å². The number of rotatable bonds is 7. The zero-order valence-electron chi connectivity index (χ0n) is 16.9. The van der Waals surface area contributed by atoms with Gasteiger partial charge >= 0.3 is 18.6 Å². The molecule has 1 saturated heterocycles. The van der Waals surface area contributed by atoms with Crippen LogP contribution in [0.5, 0.6) is 5.88 Å². The van der Waals surface area contributed by atoms with Crippen LogP contribution >= 0.6 is 11.3 Å². The minimum absolute atomic E-state index is 0.0385. The Bertz CT molecular complexity index is 1030. The minimum Gasteiger partial charge on any atom is -0.475 e. The predicted molar refractivity (Wildman–Crippen MR) is 102 cm³/mol. The zero-order valence-corrected chi connectivity index (χ0v) is 17.7. The number of carbonyl (C=O) groups is 2. The summed E-state index contributed by atoms with van der Waals surface area (Å²) in [7, 11) is 1.33. The molecule has 2 aromatic heterocycles. The van der Waals surface area contributed by atoms with Crippen LogP contribution in [-0.2, 0) is 15.7 Å². The largest absolute Gasteiger partial charge is 0.522 e. The van der Waals surface area contributed by atoms with Crippen molar-refractivity contribution in [3.8, 4) is 5.88 Å². The van der Waals surface area contributed by atoms with Crippen LogP contribution in [0.4, 0.5) is 31.1 Å². The Hall–Kier alpha value is -2.81. The molecule has 15 heteroatoms. The highest BCUT2D eigenvalue weighted by molar-refractivity contribution is 7.17. The number of halogens is 6. The van der Waals surface area contributed by atoms with Crippen LogP contribution in [0.15, 0.2) is 11.4 Å². The first-order valence-electron chi connectivity index (χ1n) is 9.39. The Kier molecular flexibility index (Phi) is 7.21. The lowest BCUT2D eigenvalue weighted by Crippen LogP contribution is -2.54. The van der Waals surface area contributed by atoms with Crippen molar-refractivity contribution in [2.45, 2.75) is 25.0 Å². The summed E-state index contributed by atoms with van der Waals surface area (Å²) in [4.78, 5) is 29.1. The highest BCUT2D eigenvalue weighted by Gasteiger charge is 2.37. The normalized spacial score (nSPS) is 16.5. The van der Waals surface area contributed by atoms with Crippen LogP contribution in [0.3, 0.4) is 0 Å². The van der Waals surface area contributed by atoms with Crippen molar-refractivity contribution in [3.05, 3.63) is 22.6 Å². The van der Waals surface area contributed by atoms with Gasteiger partial charge in [-0.25, -0.2) is 9.78 Å². The van der Waals surface area contributed by atoms with Crippen LogP contribution in [0.2, 0.25) is 0 Å². The fourth-order valence-electron chi connectivity index (χ4n) is 2.97. The SMILES string of the molecule is CNC(=O)c1csc2c(C(F)(F)F)cc(OCC3CCN3C(=O)OCCOC(F)(F)F)nc12. The van der Waals surface area contributed by atoms with Gasteiger partial charge in [0.05, 0.1) is 34.0 Å². The third kappa shape index (κ3) is 5.96. The molecular weight excluding hydrogens is 484 g/mol. The molecule has 0 saturated carbocycles. The molecule has 0 bridgehead atoms.